The number of hydrogen-bond acceptors (Lipinski definition) is 2. The van der Waals surface area contributed by atoms with Crippen LogP contribution < -0.4 is 4.84 Å². The number of rotatable bonds is 3. The topological polar surface area (TPSA) is 42.8 Å². The zero-order valence-electron chi connectivity index (χ0n) is 6.53. The van der Waals surface area contributed by atoms with E-state index in [1.807, 2.05) is 4.26 Å². The molecular formula is C4H12N3OP3. The molecule has 0 spiro atoms. The molecule has 0 saturated carbocycles. The fourth-order valence-corrected chi connectivity index (χ4v) is 3.49. The van der Waals surface area contributed by atoms with E-state index in [1.54, 1.807) is 0 Å². The Labute approximate surface area is 70.7 Å². The van der Waals surface area contributed by atoms with Crippen LogP contribution in [0.4, 0.5) is 0 Å². The fourth-order valence-electron chi connectivity index (χ4n) is 0.461. The first-order valence-corrected chi connectivity index (χ1v) is 6.08. The average molecular weight is 211 g/mol. The van der Waals surface area contributed by atoms with Crippen molar-refractivity contribution < 1.29 is 4.84 Å². The van der Waals surface area contributed by atoms with Crippen LogP contribution in [-0.2, 0) is 0 Å². The third-order valence-electron chi connectivity index (χ3n) is 0.914. The lowest BCUT2D eigenvalue weighted by molar-refractivity contribution is 0.131. The van der Waals surface area contributed by atoms with E-state index in [1.165, 1.54) is 0 Å². The summed E-state index contributed by atoms with van der Waals surface area (Å²) in [4.78, 5) is 5.43. The van der Waals surface area contributed by atoms with Crippen LogP contribution in [0.25, 0.3) is 0 Å². The molecule has 0 aromatic carbocycles. The quantitative estimate of drug-likeness (QED) is 0.831. The summed E-state index contributed by atoms with van der Waals surface area (Å²) in [5.41, 5.74) is 0. The highest BCUT2D eigenvalue weighted by Crippen LogP contribution is 2.09. The molecule has 1 rings (SSSR count). The van der Waals surface area contributed by atoms with Crippen LogP contribution in [0.3, 0.4) is 0 Å². The highest BCUT2D eigenvalue weighted by molar-refractivity contribution is 7.44. The summed E-state index contributed by atoms with van der Waals surface area (Å²) in [6.07, 6.45) is 0. The van der Waals surface area contributed by atoms with Gasteiger partial charge in [0.2, 0.25) is 0 Å². The Morgan fingerprint density at radius 2 is 2.55 bits per heavy atom. The van der Waals surface area contributed by atoms with Gasteiger partial charge in [-0.15, -0.1) is 0 Å². The maximum atomic E-state index is 5.43. The van der Waals surface area contributed by atoms with Crippen LogP contribution in [0.5, 0.6) is 0 Å². The Morgan fingerprint density at radius 1 is 1.73 bits per heavy atom. The van der Waals surface area contributed by atoms with E-state index in [4.69, 9.17) is 4.84 Å². The molecule has 7 heteroatoms. The summed E-state index contributed by atoms with van der Waals surface area (Å²) in [6, 6.07) is 0. The largest absolute Gasteiger partial charge is 0.311 e. The van der Waals surface area contributed by atoms with Gasteiger partial charge in [0.1, 0.15) is 0 Å². The van der Waals surface area contributed by atoms with Gasteiger partial charge in [-0.3, -0.25) is 4.84 Å². The number of nitrogens with zero attached hydrogens (tertiary/aromatic N) is 2. The lowest BCUT2D eigenvalue weighted by Crippen LogP contribution is -2.12. The molecular weight excluding hydrogens is 199 g/mol. The smallest absolute Gasteiger partial charge is 0.169 e. The van der Waals surface area contributed by atoms with Gasteiger partial charge in [-0.2, -0.15) is 8.76 Å². The lowest BCUT2D eigenvalue weighted by atomic mass is 10.2. The predicted octanol–water partition coefficient (Wildman–Crippen LogP) is 2.06. The van der Waals surface area contributed by atoms with Gasteiger partial charge in [0.25, 0.3) is 0 Å². The maximum absolute atomic E-state index is 5.43. The average Bonchev–Trinajstić information content (AvgIpc) is 2.03. The van der Waals surface area contributed by atoms with Crippen molar-refractivity contribution in [3.63, 3.8) is 0 Å². The van der Waals surface area contributed by atoms with Crippen molar-refractivity contribution in [2.24, 2.45) is 5.92 Å². The van der Waals surface area contributed by atoms with Crippen LogP contribution >= 0.6 is 25.5 Å². The van der Waals surface area contributed by atoms with Crippen molar-refractivity contribution in [3.8, 4) is 0 Å². The molecule has 0 aliphatic carbocycles. The van der Waals surface area contributed by atoms with Crippen molar-refractivity contribution >= 4 is 25.5 Å². The second kappa shape index (κ2) is 5.00. The number of hydrogen-bond donors (Lipinski definition) is 1. The summed E-state index contributed by atoms with van der Waals surface area (Å²) in [5, 5.41) is 0. The van der Waals surface area contributed by atoms with Gasteiger partial charge in [0.05, 0.1) is 6.61 Å². The van der Waals surface area contributed by atoms with Gasteiger partial charge in [-0.1, -0.05) is 13.8 Å². The summed E-state index contributed by atoms with van der Waals surface area (Å²) >= 11 is 0. The zero-order chi connectivity index (χ0) is 8.10. The Bertz CT molecular complexity index is 207. The SMILES string of the molecule is CC(C)COn1pn[pH][nH][pH]1. The number of H-pyrrole nitrogens is 1. The molecule has 1 aromatic heterocycles. The molecule has 0 aliphatic heterocycles. The fraction of sp³-hybridized carbons (Fsp3) is 1.00. The van der Waals surface area contributed by atoms with Crippen LogP contribution in [-0.4, -0.2) is 19.9 Å². The molecule has 0 fully saturated rings. The minimum absolute atomic E-state index is 0.540. The van der Waals surface area contributed by atoms with Crippen molar-refractivity contribution in [3.05, 3.63) is 0 Å². The molecule has 64 valence electrons. The summed E-state index contributed by atoms with van der Waals surface area (Å²) in [7, 11) is 2.05. The van der Waals surface area contributed by atoms with Gasteiger partial charge in [0, 0.05) is 17.0 Å². The minimum Gasteiger partial charge on any atom is -0.311 e. The van der Waals surface area contributed by atoms with Gasteiger partial charge in [-0.05, 0) is 5.92 Å². The standard InChI is InChI=1S/C4H12N3OP3/c1-4(2)3-8-7-10-5-9-6-11-7/h4-5,9-10H,3H2,1-2H3. The summed E-state index contributed by atoms with van der Waals surface area (Å²) in [6.45, 7) is 5.05. The molecule has 1 heterocycles. The van der Waals surface area contributed by atoms with E-state index in [9.17, 15) is 0 Å². The van der Waals surface area contributed by atoms with E-state index in [-0.39, 0.29) is 0 Å². The Morgan fingerprint density at radius 3 is 3.09 bits per heavy atom. The van der Waals surface area contributed by atoms with Gasteiger partial charge >= 0.3 is 0 Å². The molecule has 4 nitrogen and oxygen atoms in total. The van der Waals surface area contributed by atoms with Crippen molar-refractivity contribution in [1.29, 1.82) is 0 Å². The highest BCUT2D eigenvalue weighted by atomic mass is 31.1. The van der Waals surface area contributed by atoms with Crippen molar-refractivity contribution in [2.45, 2.75) is 13.8 Å². The van der Waals surface area contributed by atoms with E-state index < -0.39 is 0 Å². The van der Waals surface area contributed by atoms with E-state index in [0.717, 1.165) is 15.1 Å². The first kappa shape index (κ1) is 9.35. The molecule has 2 atom stereocenters. The predicted molar refractivity (Wildman–Crippen MR) is 52.0 cm³/mol. The highest BCUT2D eigenvalue weighted by Gasteiger charge is 1.93. The van der Waals surface area contributed by atoms with Crippen molar-refractivity contribution in [2.75, 3.05) is 6.61 Å². The number of nitrogens with one attached hydrogen (secondary N) is 1. The molecule has 0 saturated heterocycles. The lowest BCUT2D eigenvalue weighted by Gasteiger charge is -2.06. The molecule has 0 aliphatic rings. The maximum Gasteiger partial charge on any atom is 0.169 e. The second-order valence-corrected chi connectivity index (χ2v) is 6.07. The van der Waals surface area contributed by atoms with Gasteiger partial charge in [0.15, 0.2) is 8.51 Å². The first-order valence-electron chi connectivity index (χ1n) is 3.38. The molecule has 0 bridgehead atoms. The van der Waals surface area contributed by atoms with Gasteiger partial charge < -0.3 is 4.51 Å². The van der Waals surface area contributed by atoms with Crippen molar-refractivity contribution in [1.82, 2.24) is 13.3 Å². The Balaban J connectivity index is 2.39. The van der Waals surface area contributed by atoms with Gasteiger partial charge in [-0.25, -0.2) is 0 Å². The van der Waals surface area contributed by atoms with E-state index in [0.29, 0.717) is 22.9 Å². The van der Waals surface area contributed by atoms with Crippen LogP contribution in [0.2, 0.25) is 0 Å². The van der Waals surface area contributed by atoms with Crippen LogP contribution in [0.15, 0.2) is 0 Å². The van der Waals surface area contributed by atoms with Crippen LogP contribution in [0.1, 0.15) is 13.8 Å². The minimum atomic E-state index is 0.540. The van der Waals surface area contributed by atoms with Crippen LogP contribution in [0, 0.1) is 5.92 Å². The summed E-state index contributed by atoms with van der Waals surface area (Å²) in [5.74, 6) is 0.583. The molecule has 11 heavy (non-hydrogen) atoms. The third kappa shape index (κ3) is 3.98. The van der Waals surface area contributed by atoms with E-state index >= 15 is 0 Å². The summed E-state index contributed by atoms with van der Waals surface area (Å²) < 4.78 is 9.12. The molecule has 0 radical (unpaired) electrons. The van der Waals surface area contributed by atoms with E-state index in [2.05, 4.69) is 22.9 Å². The Hall–Kier alpha value is 0.260. The third-order valence-corrected chi connectivity index (χ3v) is 3.73. The zero-order valence-corrected chi connectivity index (χ0v) is 9.43. The first-order chi connectivity index (χ1) is 5.29. The molecule has 2 unspecified atom stereocenters. The number of aromatic nitrogens is 3. The Kier molecular flexibility index (Phi) is 4.25. The normalized spacial score (nSPS) is 12.6. The molecule has 1 aromatic rings. The monoisotopic (exact) mass is 211 g/mol. The number of aromatic amines is 1. The molecule has 1 N–H and O–H groups in total. The molecule has 0 amide bonds. The second-order valence-electron chi connectivity index (χ2n) is 2.50.